The zero-order chi connectivity index (χ0) is 17.1. The third-order valence-corrected chi connectivity index (χ3v) is 4.75. The van der Waals surface area contributed by atoms with Gasteiger partial charge in [-0.1, -0.05) is 18.2 Å². The van der Waals surface area contributed by atoms with Crippen LogP contribution in [0.1, 0.15) is 12.3 Å². The van der Waals surface area contributed by atoms with Gasteiger partial charge in [-0.05, 0) is 46.6 Å². The van der Waals surface area contributed by atoms with Gasteiger partial charge in [0.25, 0.3) is 5.89 Å². The molecule has 6 nitrogen and oxygen atoms in total. The molecule has 0 amide bonds. The van der Waals surface area contributed by atoms with Crippen molar-refractivity contribution in [1.82, 2.24) is 15.1 Å². The van der Waals surface area contributed by atoms with Crippen LogP contribution in [-0.2, 0) is 6.54 Å². The lowest BCUT2D eigenvalue weighted by atomic mass is 10.3. The summed E-state index contributed by atoms with van der Waals surface area (Å²) < 4.78 is 11.9. The highest BCUT2D eigenvalue weighted by Crippen LogP contribution is 2.24. The van der Waals surface area contributed by atoms with Crippen LogP contribution in [-0.4, -0.2) is 41.3 Å². The number of hydrogen-bond donors (Lipinski definition) is 0. The van der Waals surface area contributed by atoms with E-state index >= 15 is 0 Å². The van der Waals surface area contributed by atoms with Gasteiger partial charge in [-0.3, -0.25) is 4.90 Å². The highest BCUT2D eigenvalue weighted by atomic mass is 79.9. The van der Waals surface area contributed by atoms with Gasteiger partial charge in [-0.25, -0.2) is 0 Å². The number of furan rings is 1. The van der Waals surface area contributed by atoms with Crippen LogP contribution < -0.4 is 4.90 Å². The predicted molar refractivity (Wildman–Crippen MR) is 98.2 cm³/mol. The van der Waals surface area contributed by atoms with E-state index in [1.54, 1.807) is 0 Å². The van der Waals surface area contributed by atoms with E-state index in [1.165, 1.54) is 5.69 Å². The van der Waals surface area contributed by atoms with Crippen molar-refractivity contribution in [2.75, 3.05) is 31.1 Å². The van der Waals surface area contributed by atoms with E-state index in [1.807, 2.05) is 12.1 Å². The Morgan fingerprint density at radius 2 is 1.80 bits per heavy atom. The molecule has 3 aromatic rings. The summed E-state index contributed by atoms with van der Waals surface area (Å²) >= 11 is 3.28. The van der Waals surface area contributed by atoms with Gasteiger partial charge in [0.05, 0.1) is 6.54 Å². The monoisotopic (exact) mass is 402 g/mol. The summed E-state index contributed by atoms with van der Waals surface area (Å²) in [4.78, 5) is 4.79. The highest BCUT2D eigenvalue weighted by molar-refractivity contribution is 9.10. The Morgan fingerprint density at radius 3 is 2.60 bits per heavy atom. The van der Waals surface area contributed by atoms with Gasteiger partial charge in [0.1, 0.15) is 0 Å². The van der Waals surface area contributed by atoms with Gasteiger partial charge in [0, 0.05) is 31.9 Å². The molecule has 0 unspecified atom stereocenters. The molecule has 3 heterocycles. The van der Waals surface area contributed by atoms with Crippen LogP contribution in [0.3, 0.4) is 0 Å². The minimum absolute atomic E-state index is 0.418. The largest absolute Gasteiger partial charge is 0.444 e. The fraction of sp³-hybridized carbons (Fsp3) is 0.333. The van der Waals surface area contributed by atoms with Gasteiger partial charge >= 0.3 is 0 Å². The maximum atomic E-state index is 5.75. The summed E-state index contributed by atoms with van der Waals surface area (Å²) in [5.41, 5.74) is 1.29. The fourth-order valence-corrected chi connectivity index (χ4v) is 3.37. The number of halogens is 1. The average molecular weight is 403 g/mol. The lowest BCUT2D eigenvalue weighted by Gasteiger charge is -2.23. The van der Waals surface area contributed by atoms with Crippen molar-refractivity contribution in [2.45, 2.75) is 13.0 Å². The lowest BCUT2D eigenvalue weighted by Crippen LogP contribution is -2.30. The Morgan fingerprint density at radius 1 is 0.920 bits per heavy atom. The summed E-state index contributed by atoms with van der Waals surface area (Å²) in [5.74, 6) is 1.62. The second-order valence-electron chi connectivity index (χ2n) is 6.06. The van der Waals surface area contributed by atoms with Crippen LogP contribution in [0.15, 0.2) is 56.0 Å². The van der Waals surface area contributed by atoms with Crippen LogP contribution >= 0.6 is 15.9 Å². The van der Waals surface area contributed by atoms with Gasteiger partial charge in [0.2, 0.25) is 5.89 Å². The van der Waals surface area contributed by atoms with E-state index in [4.69, 9.17) is 8.83 Å². The lowest BCUT2D eigenvalue weighted by molar-refractivity contribution is 0.255. The quantitative estimate of drug-likeness (QED) is 0.661. The normalized spacial score (nSPS) is 16.1. The topological polar surface area (TPSA) is 58.5 Å². The van der Waals surface area contributed by atoms with Crippen molar-refractivity contribution < 1.29 is 8.83 Å². The second-order valence-corrected chi connectivity index (χ2v) is 6.84. The molecule has 1 aromatic carbocycles. The molecule has 1 fully saturated rings. The standard InChI is InChI=1S/C18H19BrN4O2/c19-16-8-7-15(24-16)18-21-20-17(25-18)13-22-9-4-10-23(12-11-22)14-5-2-1-3-6-14/h1-3,5-8H,4,9-13H2. The fourth-order valence-electron chi connectivity index (χ4n) is 3.06. The maximum absolute atomic E-state index is 5.75. The van der Waals surface area contributed by atoms with E-state index in [9.17, 15) is 0 Å². The smallest absolute Gasteiger partial charge is 0.283 e. The van der Waals surface area contributed by atoms with E-state index in [-0.39, 0.29) is 0 Å². The van der Waals surface area contributed by atoms with Gasteiger partial charge in [0.15, 0.2) is 10.4 Å². The third-order valence-electron chi connectivity index (χ3n) is 4.32. The molecular formula is C18H19BrN4O2. The molecular weight excluding hydrogens is 384 g/mol. The maximum Gasteiger partial charge on any atom is 0.283 e. The average Bonchev–Trinajstić information content (AvgIpc) is 3.20. The molecule has 1 aliphatic heterocycles. The van der Waals surface area contributed by atoms with Gasteiger partial charge in [-0.2, -0.15) is 0 Å². The van der Waals surface area contributed by atoms with Crippen LogP contribution in [0.5, 0.6) is 0 Å². The first-order chi connectivity index (χ1) is 12.3. The first-order valence-electron chi connectivity index (χ1n) is 8.38. The summed E-state index contributed by atoms with van der Waals surface area (Å²) in [6.45, 7) is 4.72. The zero-order valence-electron chi connectivity index (χ0n) is 13.8. The van der Waals surface area contributed by atoms with Crippen LogP contribution in [0, 0.1) is 0 Å². The molecule has 130 valence electrons. The Labute approximate surface area is 154 Å². The van der Waals surface area contributed by atoms with Gasteiger partial charge in [-0.15, -0.1) is 10.2 Å². The molecule has 1 aliphatic rings. The van der Waals surface area contributed by atoms with Crippen molar-refractivity contribution in [1.29, 1.82) is 0 Å². The predicted octanol–water partition coefficient (Wildman–Crippen LogP) is 3.80. The van der Waals surface area contributed by atoms with Gasteiger partial charge < -0.3 is 13.7 Å². The Bertz CT molecular complexity index is 817. The van der Waals surface area contributed by atoms with E-state index in [0.717, 1.165) is 32.6 Å². The second kappa shape index (κ2) is 7.41. The Balaban J connectivity index is 1.38. The summed E-state index contributed by atoms with van der Waals surface area (Å²) in [6, 6.07) is 14.2. The third kappa shape index (κ3) is 3.93. The molecule has 25 heavy (non-hydrogen) atoms. The first-order valence-corrected chi connectivity index (χ1v) is 9.18. The molecule has 0 N–H and O–H groups in total. The molecule has 4 rings (SSSR count). The molecule has 0 aliphatic carbocycles. The van der Waals surface area contributed by atoms with Crippen LogP contribution in [0.25, 0.3) is 11.7 Å². The summed E-state index contributed by atoms with van der Waals surface area (Å²) in [5, 5.41) is 8.24. The Kier molecular flexibility index (Phi) is 4.85. The molecule has 7 heteroatoms. The summed E-state index contributed by atoms with van der Waals surface area (Å²) in [7, 11) is 0. The molecule has 2 aromatic heterocycles. The Hall–Kier alpha value is -2.12. The molecule has 0 bridgehead atoms. The van der Waals surface area contributed by atoms with E-state index in [2.05, 4.69) is 66.3 Å². The van der Waals surface area contributed by atoms with Crippen molar-refractivity contribution in [3.05, 3.63) is 53.0 Å². The van der Waals surface area contributed by atoms with E-state index in [0.29, 0.717) is 28.8 Å². The van der Waals surface area contributed by atoms with Crippen LogP contribution in [0.2, 0.25) is 0 Å². The molecule has 0 spiro atoms. The molecule has 0 saturated carbocycles. The number of rotatable bonds is 4. The SMILES string of the molecule is Brc1ccc(-c2nnc(CN3CCCN(c4ccccc4)CC3)o2)o1. The molecule has 0 radical (unpaired) electrons. The minimum Gasteiger partial charge on any atom is -0.444 e. The van der Waals surface area contributed by atoms with Crippen molar-refractivity contribution in [3.63, 3.8) is 0 Å². The van der Waals surface area contributed by atoms with Crippen molar-refractivity contribution in [3.8, 4) is 11.7 Å². The number of anilines is 1. The zero-order valence-corrected chi connectivity index (χ0v) is 15.4. The van der Waals surface area contributed by atoms with Crippen molar-refractivity contribution >= 4 is 21.6 Å². The van der Waals surface area contributed by atoms with Crippen LogP contribution in [0.4, 0.5) is 5.69 Å². The number of benzene rings is 1. The number of aromatic nitrogens is 2. The molecule has 1 saturated heterocycles. The number of nitrogens with zero attached hydrogens (tertiary/aromatic N) is 4. The first kappa shape index (κ1) is 16.4. The van der Waals surface area contributed by atoms with Crippen molar-refractivity contribution in [2.24, 2.45) is 0 Å². The molecule has 0 atom stereocenters. The van der Waals surface area contributed by atoms with E-state index < -0.39 is 0 Å². The minimum atomic E-state index is 0.418. The highest BCUT2D eigenvalue weighted by Gasteiger charge is 2.18. The summed E-state index contributed by atoms with van der Waals surface area (Å²) in [6.07, 6.45) is 1.11. The number of hydrogen-bond acceptors (Lipinski definition) is 6. The number of para-hydroxylation sites is 1.